The largest absolute Gasteiger partial charge is 0.456 e. The standard InChI is InChI=1S/C38H40FN5O6/c1-21-8-7-13-42(21)15-12-40-32-27(39)16-25-33-35(32)49-31-17-24-23-9-5-6-10-29(23)48-30(24)18-28(31)44(33)20-26(34(25)45)36(46)43-14-11-22(19-43)41-37(47)50-38(2,3)4/h5-6,9-10,16-18,20-22,40H,7-8,11-15,19H2,1-4H3,(H,41,47). The first kappa shape index (κ1) is 32.1. The molecule has 0 aliphatic carbocycles. The number of amides is 2. The molecule has 11 nitrogen and oxygen atoms in total. The predicted octanol–water partition coefficient (Wildman–Crippen LogP) is 6.77. The van der Waals surface area contributed by atoms with E-state index in [1.807, 2.05) is 36.4 Å². The number of rotatable bonds is 6. The summed E-state index contributed by atoms with van der Waals surface area (Å²) in [6.45, 7) is 10.3. The fourth-order valence-electron chi connectivity index (χ4n) is 7.51. The second-order valence-corrected chi connectivity index (χ2v) is 14.6. The maximum atomic E-state index is 16.1. The van der Waals surface area contributed by atoms with E-state index >= 15 is 4.39 Å². The van der Waals surface area contributed by atoms with Crippen LogP contribution in [0.4, 0.5) is 14.9 Å². The molecule has 50 heavy (non-hydrogen) atoms. The average Bonchev–Trinajstić information content (AvgIpc) is 3.79. The van der Waals surface area contributed by atoms with Crippen LogP contribution in [-0.2, 0) is 4.74 Å². The molecule has 0 spiro atoms. The van der Waals surface area contributed by atoms with Crippen LogP contribution in [0.15, 0.2) is 57.9 Å². The number of benzene rings is 3. The number of alkyl carbamates (subject to hydrolysis) is 1. The first-order valence-corrected chi connectivity index (χ1v) is 17.3. The van der Waals surface area contributed by atoms with Gasteiger partial charge in [-0.15, -0.1) is 0 Å². The Balaban J connectivity index is 1.20. The van der Waals surface area contributed by atoms with Gasteiger partial charge in [0.05, 0.1) is 17.1 Å². The number of para-hydroxylation sites is 1. The number of aromatic nitrogens is 1. The molecule has 2 amide bonds. The van der Waals surface area contributed by atoms with Crippen molar-refractivity contribution in [1.29, 1.82) is 0 Å². The number of pyridine rings is 1. The number of halogens is 1. The quantitative estimate of drug-likeness (QED) is 0.198. The van der Waals surface area contributed by atoms with Gasteiger partial charge in [-0.05, 0) is 71.7 Å². The third-order valence-corrected chi connectivity index (χ3v) is 9.94. The third-order valence-electron chi connectivity index (χ3n) is 9.94. The number of hydrogen-bond donors (Lipinski definition) is 2. The number of likely N-dealkylation sites (tertiary alicyclic amines) is 2. The number of fused-ring (bicyclic) bond motifs is 5. The summed E-state index contributed by atoms with van der Waals surface area (Å²) in [5.74, 6) is -0.523. The normalized spacial score (nSPS) is 18.9. The molecular weight excluding hydrogens is 641 g/mol. The van der Waals surface area contributed by atoms with Crippen LogP contribution in [0.3, 0.4) is 0 Å². The summed E-state index contributed by atoms with van der Waals surface area (Å²) in [5.41, 5.74) is 1.01. The molecule has 12 heteroatoms. The molecular formula is C38H40FN5O6. The van der Waals surface area contributed by atoms with Crippen molar-refractivity contribution in [3.63, 3.8) is 0 Å². The van der Waals surface area contributed by atoms with Crippen molar-refractivity contribution in [2.24, 2.45) is 0 Å². The molecule has 8 rings (SSSR count). The van der Waals surface area contributed by atoms with E-state index in [0.29, 0.717) is 53.7 Å². The highest BCUT2D eigenvalue weighted by Crippen LogP contribution is 2.47. The summed E-state index contributed by atoms with van der Waals surface area (Å²) in [4.78, 5) is 44.4. The van der Waals surface area contributed by atoms with Crippen molar-refractivity contribution in [2.45, 2.75) is 64.6 Å². The summed E-state index contributed by atoms with van der Waals surface area (Å²) >= 11 is 0. The van der Waals surface area contributed by atoms with Gasteiger partial charge < -0.3 is 34.0 Å². The molecule has 2 saturated heterocycles. The molecule has 2 aromatic heterocycles. The Kier molecular flexibility index (Phi) is 7.74. The molecule has 260 valence electrons. The summed E-state index contributed by atoms with van der Waals surface area (Å²) in [7, 11) is 0. The van der Waals surface area contributed by atoms with E-state index in [1.165, 1.54) is 17.2 Å². The van der Waals surface area contributed by atoms with E-state index in [-0.39, 0.29) is 35.0 Å². The predicted molar refractivity (Wildman–Crippen MR) is 189 cm³/mol. The zero-order valence-corrected chi connectivity index (χ0v) is 28.6. The van der Waals surface area contributed by atoms with Crippen molar-refractivity contribution in [1.82, 2.24) is 19.7 Å². The van der Waals surface area contributed by atoms with Crippen LogP contribution in [0.2, 0.25) is 0 Å². The summed E-state index contributed by atoms with van der Waals surface area (Å²) < 4.78 is 35.9. The van der Waals surface area contributed by atoms with Crippen LogP contribution in [0.1, 0.15) is 57.3 Å². The smallest absolute Gasteiger partial charge is 0.407 e. The molecule has 5 aromatic rings. The second-order valence-electron chi connectivity index (χ2n) is 14.6. The number of nitrogens with zero attached hydrogens (tertiary/aromatic N) is 3. The minimum absolute atomic E-state index is 0.0278. The number of nitrogens with one attached hydrogen (secondary N) is 2. The Hall–Kier alpha value is -5.10. The Labute approximate surface area is 287 Å². The van der Waals surface area contributed by atoms with Crippen molar-refractivity contribution < 1.29 is 27.9 Å². The van der Waals surface area contributed by atoms with Crippen LogP contribution in [-0.4, -0.2) is 76.8 Å². The van der Waals surface area contributed by atoms with Gasteiger partial charge in [0.2, 0.25) is 5.43 Å². The van der Waals surface area contributed by atoms with Crippen LogP contribution in [0.5, 0.6) is 11.5 Å². The van der Waals surface area contributed by atoms with Gasteiger partial charge in [0.15, 0.2) is 17.3 Å². The molecule has 3 aliphatic rings. The number of hydrogen-bond acceptors (Lipinski definition) is 8. The number of furan rings is 1. The van der Waals surface area contributed by atoms with Gasteiger partial charge >= 0.3 is 6.09 Å². The van der Waals surface area contributed by atoms with Crippen LogP contribution >= 0.6 is 0 Å². The molecule has 2 unspecified atom stereocenters. The molecule has 3 aromatic carbocycles. The van der Waals surface area contributed by atoms with Gasteiger partial charge in [-0.3, -0.25) is 14.5 Å². The highest BCUT2D eigenvalue weighted by molar-refractivity contribution is 6.07. The lowest BCUT2D eigenvalue weighted by Gasteiger charge is -2.27. The van der Waals surface area contributed by atoms with Gasteiger partial charge in [0.25, 0.3) is 5.91 Å². The van der Waals surface area contributed by atoms with Gasteiger partial charge in [-0.1, -0.05) is 18.2 Å². The van der Waals surface area contributed by atoms with E-state index in [4.69, 9.17) is 13.9 Å². The van der Waals surface area contributed by atoms with Gasteiger partial charge in [-0.25, -0.2) is 9.18 Å². The van der Waals surface area contributed by atoms with E-state index in [9.17, 15) is 14.4 Å². The molecule has 2 atom stereocenters. The number of carbonyl (C=O) groups is 2. The average molecular weight is 682 g/mol. The van der Waals surface area contributed by atoms with Gasteiger partial charge in [0.1, 0.15) is 33.5 Å². The second kappa shape index (κ2) is 12.0. The van der Waals surface area contributed by atoms with Crippen molar-refractivity contribution >= 4 is 50.5 Å². The van der Waals surface area contributed by atoms with Crippen LogP contribution in [0.25, 0.3) is 38.5 Å². The summed E-state index contributed by atoms with van der Waals surface area (Å²) in [5, 5.41) is 7.84. The van der Waals surface area contributed by atoms with E-state index in [2.05, 4.69) is 22.5 Å². The summed E-state index contributed by atoms with van der Waals surface area (Å²) in [6, 6.07) is 12.7. The first-order chi connectivity index (χ1) is 23.9. The fourth-order valence-corrected chi connectivity index (χ4v) is 7.51. The van der Waals surface area contributed by atoms with Gasteiger partial charge in [0, 0.05) is 55.3 Å². The molecule has 0 bridgehead atoms. The molecule has 0 saturated carbocycles. The molecule has 0 radical (unpaired) electrons. The highest BCUT2D eigenvalue weighted by Gasteiger charge is 2.34. The number of carbonyl (C=O) groups excluding carboxylic acids is 2. The maximum absolute atomic E-state index is 16.1. The lowest BCUT2D eigenvalue weighted by atomic mass is 10.0. The Morgan fingerprint density at radius 3 is 2.64 bits per heavy atom. The summed E-state index contributed by atoms with van der Waals surface area (Å²) in [6.07, 6.45) is 3.73. The topological polar surface area (TPSA) is 118 Å². The molecule has 2 N–H and O–H groups in total. The zero-order chi connectivity index (χ0) is 34.9. The Bertz CT molecular complexity index is 2250. The fraction of sp³-hybridized carbons (Fsp3) is 0.395. The van der Waals surface area contributed by atoms with E-state index in [1.54, 1.807) is 25.3 Å². The highest BCUT2D eigenvalue weighted by atomic mass is 19.1. The van der Waals surface area contributed by atoms with Crippen molar-refractivity contribution in [2.75, 3.05) is 38.0 Å². The minimum atomic E-state index is -0.663. The lowest BCUT2D eigenvalue weighted by Crippen LogP contribution is -2.41. The number of ether oxygens (including phenoxy) is 2. The van der Waals surface area contributed by atoms with Crippen LogP contribution < -0.4 is 20.8 Å². The Morgan fingerprint density at radius 2 is 1.86 bits per heavy atom. The SMILES string of the molecule is CC1CCCN1CCNc1c(F)cc2c(=O)c(C(=O)N3CCC(NC(=O)OC(C)(C)C)C3)cn3c2c1Oc1cc2c(cc1-3)oc1ccccc12. The third kappa shape index (κ3) is 5.61. The molecule has 5 heterocycles. The first-order valence-electron chi connectivity index (χ1n) is 17.3. The molecule has 2 fully saturated rings. The van der Waals surface area contributed by atoms with E-state index < -0.39 is 28.8 Å². The molecule has 3 aliphatic heterocycles. The van der Waals surface area contributed by atoms with E-state index in [0.717, 1.165) is 36.7 Å². The van der Waals surface area contributed by atoms with Gasteiger partial charge in [-0.2, -0.15) is 0 Å². The lowest BCUT2D eigenvalue weighted by molar-refractivity contribution is 0.0502. The maximum Gasteiger partial charge on any atom is 0.407 e. The van der Waals surface area contributed by atoms with Crippen LogP contribution in [0, 0.1) is 5.82 Å². The Morgan fingerprint density at radius 1 is 1.04 bits per heavy atom. The number of anilines is 1. The monoisotopic (exact) mass is 681 g/mol. The van der Waals surface area contributed by atoms with Crippen molar-refractivity contribution in [3.05, 3.63) is 70.3 Å². The minimum Gasteiger partial charge on any atom is -0.456 e. The van der Waals surface area contributed by atoms with Crippen molar-refractivity contribution in [3.8, 4) is 17.2 Å². The zero-order valence-electron chi connectivity index (χ0n) is 28.6.